The third kappa shape index (κ3) is 2.73. The van der Waals surface area contributed by atoms with Crippen molar-refractivity contribution in [1.82, 2.24) is 0 Å². The molecule has 2 aromatic carbocycles. The van der Waals surface area contributed by atoms with Gasteiger partial charge in [0, 0.05) is 15.1 Å². The highest BCUT2D eigenvalue weighted by molar-refractivity contribution is 9.10. The van der Waals surface area contributed by atoms with Crippen molar-refractivity contribution in [2.45, 2.75) is 4.90 Å². The summed E-state index contributed by atoms with van der Waals surface area (Å²) in [5, 5.41) is 0.499. The molecule has 2 aromatic rings. The van der Waals surface area contributed by atoms with Crippen LogP contribution in [0.5, 0.6) is 5.75 Å². The van der Waals surface area contributed by atoms with E-state index in [-0.39, 0.29) is 16.4 Å². The lowest BCUT2D eigenvalue weighted by atomic mass is 10.1. The van der Waals surface area contributed by atoms with Crippen LogP contribution in [0.3, 0.4) is 0 Å². The second-order valence-corrected chi connectivity index (χ2v) is 7.75. The van der Waals surface area contributed by atoms with Gasteiger partial charge in [-0.25, -0.2) is 8.42 Å². The number of hydrogen-bond donors (Lipinski definition) is 0. The highest BCUT2D eigenvalue weighted by Gasteiger charge is 2.27. The topological polar surface area (TPSA) is 43.4 Å². The number of rotatable bonds is 2. The standard InChI is InChI=1S/C15H10BrClO3S/c16-10-1-6-13-14(9-10)20-8-7-15(13)21(18,19)12-4-2-11(17)3-5-12/h1-7,9H,8H2. The molecule has 0 radical (unpaired) electrons. The molecule has 0 aromatic heterocycles. The van der Waals surface area contributed by atoms with Gasteiger partial charge < -0.3 is 4.74 Å². The Hall–Kier alpha value is -1.30. The van der Waals surface area contributed by atoms with Crippen LogP contribution in [0.1, 0.15) is 5.56 Å². The maximum atomic E-state index is 12.8. The van der Waals surface area contributed by atoms with E-state index < -0.39 is 9.84 Å². The highest BCUT2D eigenvalue weighted by Crippen LogP contribution is 2.37. The van der Waals surface area contributed by atoms with E-state index in [2.05, 4.69) is 15.9 Å². The average molecular weight is 386 g/mol. The summed E-state index contributed by atoms with van der Waals surface area (Å²) in [6, 6.07) is 11.4. The molecule has 1 aliphatic heterocycles. The molecule has 21 heavy (non-hydrogen) atoms. The summed E-state index contributed by atoms with van der Waals surface area (Å²) in [7, 11) is -3.60. The van der Waals surface area contributed by atoms with Crippen LogP contribution in [0.25, 0.3) is 4.91 Å². The molecule has 3 nitrogen and oxygen atoms in total. The summed E-state index contributed by atoms with van der Waals surface area (Å²) in [6.45, 7) is 0.228. The highest BCUT2D eigenvalue weighted by atomic mass is 79.9. The predicted molar refractivity (Wildman–Crippen MR) is 86.3 cm³/mol. The molecule has 1 aliphatic rings. The Morgan fingerprint density at radius 3 is 2.52 bits per heavy atom. The zero-order valence-corrected chi connectivity index (χ0v) is 13.9. The smallest absolute Gasteiger partial charge is 0.207 e. The van der Waals surface area contributed by atoms with Crippen molar-refractivity contribution in [2.24, 2.45) is 0 Å². The Labute approximate surface area is 136 Å². The van der Waals surface area contributed by atoms with Gasteiger partial charge in [-0.05, 0) is 48.5 Å². The van der Waals surface area contributed by atoms with Gasteiger partial charge in [0.05, 0.1) is 9.80 Å². The van der Waals surface area contributed by atoms with Crippen LogP contribution in [0, 0.1) is 0 Å². The predicted octanol–water partition coefficient (Wildman–Crippen LogP) is 4.31. The van der Waals surface area contributed by atoms with E-state index >= 15 is 0 Å². The quantitative estimate of drug-likeness (QED) is 0.773. The Kier molecular flexibility index (Phi) is 3.82. The summed E-state index contributed by atoms with van der Waals surface area (Å²) in [5.41, 5.74) is 0.569. The van der Waals surface area contributed by atoms with Gasteiger partial charge in [-0.3, -0.25) is 0 Å². The van der Waals surface area contributed by atoms with Crippen LogP contribution in [-0.2, 0) is 9.84 Å². The molecule has 0 atom stereocenters. The van der Waals surface area contributed by atoms with Crippen molar-refractivity contribution in [3.05, 3.63) is 63.6 Å². The van der Waals surface area contributed by atoms with E-state index in [4.69, 9.17) is 16.3 Å². The minimum atomic E-state index is -3.60. The number of halogens is 2. The van der Waals surface area contributed by atoms with Crippen molar-refractivity contribution < 1.29 is 13.2 Å². The van der Waals surface area contributed by atoms with Gasteiger partial charge >= 0.3 is 0 Å². The first-order valence-corrected chi connectivity index (χ1v) is 8.77. The first kappa shape index (κ1) is 14.6. The van der Waals surface area contributed by atoms with Gasteiger partial charge in [-0.1, -0.05) is 27.5 Å². The van der Waals surface area contributed by atoms with Gasteiger partial charge in [0.1, 0.15) is 12.4 Å². The fraction of sp³-hybridized carbons (Fsp3) is 0.0667. The Morgan fingerprint density at radius 1 is 1.10 bits per heavy atom. The third-order valence-electron chi connectivity index (χ3n) is 3.13. The third-order valence-corrected chi connectivity index (χ3v) is 5.73. The molecule has 6 heteroatoms. The van der Waals surface area contributed by atoms with Crippen LogP contribution in [0.15, 0.2) is 57.9 Å². The van der Waals surface area contributed by atoms with E-state index in [9.17, 15) is 8.42 Å². The average Bonchev–Trinajstić information content (AvgIpc) is 2.46. The molecule has 0 spiro atoms. The molecule has 3 rings (SSSR count). The second kappa shape index (κ2) is 5.48. The summed E-state index contributed by atoms with van der Waals surface area (Å²) in [4.78, 5) is 0.479. The maximum Gasteiger partial charge on any atom is 0.207 e. The SMILES string of the molecule is O=S(=O)(C1=CCOc2cc(Br)ccc21)c1ccc(Cl)cc1. The fourth-order valence-corrected chi connectivity index (χ4v) is 4.09. The molecular weight excluding hydrogens is 376 g/mol. The van der Waals surface area contributed by atoms with E-state index in [1.54, 1.807) is 36.4 Å². The Balaban J connectivity index is 2.12. The van der Waals surface area contributed by atoms with E-state index in [1.807, 2.05) is 0 Å². The van der Waals surface area contributed by atoms with Gasteiger partial charge in [0.2, 0.25) is 9.84 Å². The first-order valence-electron chi connectivity index (χ1n) is 6.12. The van der Waals surface area contributed by atoms with Crippen molar-refractivity contribution in [3.63, 3.8) is 0 Å². The number of hydrogen-bond acceptors (Lipinski definition) is 3. The zero-order chi connectivity index (χ0) is 15.0. The van der Waals surface area contributed by atoms with Crippen LogP contribution in [0.2, 0.25) is 5.02 Å². The molecule has 0 aliphatic carbocycles. The Bertz CT molecular complexity index is 826. The fourth-order valence-electron chi connectivity index (χ4n) is 2.13. The summed E-state index contributed by atoms with van der Waals surface area (Å²) in [5.74, 6) is 0.555. The zero-order valence-electron chi connectivity index (χ0n) is 10.7. The Morgan fingerprint density at radius 2 is 1.81 bits per heavy atom. The number of fused-ring (bicyclic) bond motifs is 1. The van der Waals surface area contributed by atoms with Gasteiger partial charge in [-0.15, -0.1) is 0 Å². The van der Waals surface area contributed by atoms with Crippen LogP contribution in [0.4, 0.5) is 0 Å². The maximum absolute atomic E-state index is 12.8. The molecule has 0 bridgehead atoms. The minimum absolute atomic E-state index is 0.217. The lowest BCUT2D eigenvalue weighted by Crippen LogP contribution is -2.12. The van der Waals surface area contributed by atoms with E-state index in [0.29, 0.717) is 16.3 Å². The molecule has 0 N–H and O–H groups in total. The number of benzene rings is 2. The van der Waals surface area contributed by atoms with Gasteiger partial charge in [0.25, 0.3) is 0 Å². The van der Waals surface area contributed by atoms with Crippen molar-refractivity contribution in [1.29, 1.82) is 0 Å². The molecule has 0 saturated heterocycles. The molecular formula is C15H10BrClO3S. The van der Waals surface area contributed by atoms with Crippen molar-refractivity contribution in [3.8, 4) is 5.75 Å². The summed E-state index contributed by atoms with van der Waals surface area (Å²) >= 11 is 9.16. The largest absolute Gasteiger partial charge is 0.489 e. The molecule has 0 amide bonds. The number of ether oxygens (including phenoxy) is 1. The lowest BCUT2D eigenvalue weighted by molar-refractivity contribution is 0.357. The summed E-state index contributed by atoms with van der Waals surface area (Å²) in [6.07, 6.45) is 1.58. The molecule has 0 saturated carbocycles. The van der Waals surface area contributed by atoms with Crippen molar-refractivity contribution in [2.75, 3.05) is 6.61 Å². The minimum Gasteiger partial charge on any atom is -0.489 e. The van der Waals surface area contributed by atoms with Gasteiger partial charge in [-0.2, -0.15) is 0 Å². The first-order chi connectivity index (χ1) is 9.98. The van der Waals surface area contributed by atoms with Crippen LogP contribution >= 0.6 is 27.5 Å². The second-order valence-electron chi connectivity index (χ2n) is 4.48. The van der Waals surface area contributed by atoms with E-state index in [1.165, 1.54) is 12.1 Å². The molecule has 108 valence electrons. The molecule has 0 fully saturated rings. The number of sulfone groups is 1. The van der Waals surface area contributed by atoms with Crippen LogP contribution < -0.4 is 4.74 Å². The van der Waals surface area contributed by atoms with E-state index in [0.717, 1.165) is 4.47 Å². The van der Waals surface area contributed by atoms with Crippen LogP contribution in [-0.4, -0.2) is 15.0 Å². The normalized spacial score (nSPS) is 14.1. The van der Waals surface area contributed by atoms with Gasteiger partial charge in [0.15, 0.2) is 0 Å². The lowest BCUT2D eigenvalue weighted by Gasteiger charge is -2.19. The monoisotopic (exact) mass is 384 g/mol. The molecule has 1 heterocycles. The molecule has 0 unspecified atom stereocenters. The summed E-state index contributed by atoms with van der Waals surface area (Å²) < 4.78 is 31.9. The van der Waals surface area contributed by atoms with Crippen molar-refractivity contribution >= 4 is 42.3 Å².